The molecule has 11 heteroatoms. The van der Waals surface area contributed by atoms with E-state index in [-0.39, 0.29) is 11.7 Å². The number of furan rings is 1. The molecule has 0 saturated carbocycles. The monoisotopic (exact) mass is 507 g/mol. The van der Waals surface area contributed by atoms with E-state index in [1.54, 1.807) is 24.5 Å². The molecule has 166 valence electrons. The van der Waals surface area contributed by atoms with Crippen molar-refractivity contribution in [3.63, 3.8) is 0 Å². The highest BCUT2D eigenvalue weighted by Crippen LogP contribution is 2.32. The third-order valence-electron chi connectivity index (χ3n) is 4.55. The number of thiazole rings is 1. The van der Waals surface area contributed by atoms with E-state index >= 15 is 0 Å². The second kappa shape index (κ2) is 10.1. The standard InChI is InChI=1S/C21H19Cl2N5O2S2/c1-3-7-28-19(14-6-8-30-12(14)2)26-27-21(28)32-11-18(29)25-20-24-17(10-31-20)15-5-4-13(22)9-16(15)23/h4-6,8-10H,3,7,11H2,1-2H3,(H,24,25,29). The Bertz CT molecular complexity index is 1250. The summed E-state index contributed by atoms with van der Waals surface area (Å²) < 4.78 is 7.41. The second-order valence-corrected chi connectivity index (χ2v) is 9.49. The van der Waals surface area contributed by atoms with Crippen LogP contribution in [0.4, 0.5) is 5.13 Å². The molecule has 0 aliphatic heterocycles. The van der Waals surface area contributed by atoms with Crippen LogP contribution in [0.2, 0.25) is 10.0 Å². The van der Waals surface area contributed by atoms with Gasteiger partial charge in [0.25, 0.3) is 0 Å². The lowest BCUT2D eigenvalue weighted by atomic mass is 10.2. The maximum atomic E-state index is 12.5. The molecular weight excluding hydrogens is 489 g/mol. The quantitative estimate of drug-likeness (QED) is 0.277. The van der Waals surface area contributed by atoms with E-state index in [0.29, 0.717) is 26.0 Å². The number of benzene rings is 1. The van der Waals surface area contributed by atoms with Crippen molar-refractivity contribution in [3.05, 3.63) is 51.7 Å². The minimum Gasteiger partial charge on any atom is -0.469 e. The zero-order valence-electron chi connectivity index (χ0n) is 17.3. The molecule has 1 amide bonds. The van der Waals surface area contributed by atoms with Crippen LogP contribution in [0.5, 0.6) is 0 Å². The average molecular weight is 508 g/mol. The van der Waals surface area contributed by atoms with Gasteiger partial charge in [0.2, 0.25) is 5.91 Å². The Kier molecular flexibility index (Phi) is 7.20. The van der Waals surface area contributed by atoms with Gasteiger partial charge in [-0.3, -0.25) is 4.79 Å². The van der Waals surface area contributed by atoms with Crippen molar-refractivity contribution in [3.8, 4) is 22.6 Å². The van der Waals surface area contributed by atoms with Crippen LogP contribution in [0.25, 0.3) is 22.6 Å². The minimum atomic E-state index is -0.176. The van der Waals surface area contributed by atoms with Gasteiger partial charge in [0.05, 0.1) is 28.3 Å². The topological polar surface area (TPSA) is 85.8 Å². The molecule has 0 fully saturated rings. The maximum absolute atomic E-state index is 12.5. The zero-order chi connectivity index (χ0) is 22.7. The fourth-order valence-electron chi connectivity index (χ4n) is 3.07. The molecule has 3 heterocycles. The number of thioether (sulfide) groups is 1. The largest absolute Gasteiger partial charge is 0.469 e. The average Bonchev–Trinajstić information content (AvgIpc) is 3.47. The summed E-state index contributed by atoms with van der Waals surface area (Å²) in [5.41, 5.74) is 2.35. The van der Waals surface area contributed by atoms with E-state index in [1.807, 2.05) is 22.9 Å². The first-order valence-electron chi connectivity index (χ1n) is 9.77. The molecule has 4 aromatic rings. The van der Waals surface area contributed by atoms with Crippen LogP contribution in [0.3, 0.4) is 0 Å². The molecule has 1 aromatic carbocycles. The first kappa shape index (κ1) is 22.8. The van der Waals surface area contributed by atoms with E-state index in [4.69, 9.17) is 27.6 Å². The van der Waals surface area contributed by atoms with Crippen molar-refractivity contribution < 1.29 is 9.21 Å². The van der Waals surface area contributed by atoms with Crippen molar-refractivity contribution in [1.29, 1.82) is 0 Å². The first-order valence-corrected chi connectivity index (χ1v) is 12.4. The van der Waals surface area contributed by atoms with Gasteiger partial charge < -0.3 is 14.3 Å². The van der Waals surface area contributed by atoms with Gasteiger partial charge in [-0.1, -0.05) is 41.9 Å². The molecule has 0 aliphatic carbocycles. The van der Waals surface area contributed by atoms with Crippen LogP contribution < -0.4 is 5.32 Å². The Balaban J connectivity index is 1.42. The Labute approximate surface area is 203 Å². The van der Waals surface area contributed by atoms with E-state index in [2.05, 4.69) is 27.4 Å². The van der Waals surface area contributed by atoms with Crippen LogP contribution in [0, 0.1) is 6.92 Å². The number of hydrogen-bond acceptors (Lipinski definition) is 7. The number of aromatic nitrogens is 4. The molecule has 0 saturated heterocycles. The number of aryl methyl sites for hydroxylation is 1. The predicted octanol–water partition coefficient (Wildman–Crippen LogP) is 6.42. The van der Waals surface area contributed by atoms with Crippen molar-refractivity contribution in [2.24, 2.45) is 0 Å². The first-order chi connectivity index (χ1) is 15.5. The number of rotatable bonds is 8. The molecule has 0 radical (unpaired) electrons. The lowest BCUT2D eigenvalue weighted by molar-refractivity contribution is -0.113. The SMILES string of the molecule is CCCn1c(SCC(=O)Nc2nc(-c3ccc(Cl)cc3Cl)cs2)nnc1-c1ccoc1C. The molecule has 4 rings (SSSR count). The number of carbonyl (C=O) groups excluding carboxylic acids is 1. The van der Waals surface area contributed by atoms with Gasteiger partial charge in [-0.15, -0.1) is 21.5 Å². The lowest BCUT2D eigenvalue weighted by Crippen LogP contribution is -2.14. The minimum absolute atomic E-state index is 0.176. The van der Waals surface area contributed by atoms with Crippen molar-refractivity contribution in [2.45, 2.75) is 32.0 Å². The number of anilines is 1. The lowest BCUT2D eigenvalue weighted by Gasteiger charge is -2.08. The van der Waals surface area contributed by atoms with Gasteiger partial charge in [-0.2, -0.15) is 0 Å². The van der Waals surface area contributed by atoms with Crippen LogP contribution in [-0.4, -0.2) is 31.4 Å². The second-order valence-electron chi connectivity index (χ2n) is 6.85. The summed E-state index contributed by atoms with van der Waals surface area (Å²) in [6.07, 6.45) is 2.55. The summed E-state index contributed by atoms with van der Waals surface area (Å²) in [5.74, 6) is 1.53. The van der Waals surface area contributed by atoms with Gasteiger partial charge >= 0.3 is 0 Å². The van der Waals surface area contributed by atoms with E-state index in [9.17, 15) is 4.79 Å². The Hall–Kier alpha value is -2.33. The molecule has 0 spiro atoms. The predicted molar refractivity (Wildman–Crippen MR) is 130 cm³/mol. The third-order valence-corrected chi connectivity index (χ3v) is 6.83. The smallest absolute Gasteiger partial charge is 0.236 e. The number of halogens is 2. The Morgan fingerprint density at radius 1 is 1.25 bits per heavy atom. The van der Waals surface area contributed by atoms with Gasteiger partial charge in [-0.25, -0.2) is 4.98 Å². The normalized spacial score (nSPS) is 11.1. The molecule has 0 aliphatic rings. The summed E-state index contributed by atoms with van der Waals surface area (Å²) in [4.78, 5) is 17.0. The number of amides is 1. The van der Waals surface area contributed by atoms with Crippen LogP contribution >= 0.6 is 46.3 Å². The fourth-order valence-corrected chi connectivity index (χ4v) is 5.07. The Morgan fingerprint density at radius 3 is 2.81 bits per heavy atom. The van der Waals surface area contributed by atoms with Crippen molar-refractivity contribution >= 4 is 57.3 Å². The van der Waals surface area contributed by atoms with Crippen molar-refractivity contribution in [1.82, 2.24) is 19.7 Å². The van der Waals surface area contributed by atoms with Gasteiger partial charge in [-0.05, 0) is 37.6 Å². The third kappa shape index (κ3) is 5.01. The van der Waals surface area contributed by atoms with Gasteiger partial charge in [0.15, 0.2) is 16.1 Å². The highest BCUT2D eigenvalue weighted by atomic mass is 35.5. The van der Waals surface area contributed by atoms with Gasteiger partial charge in [0.1, 0.15) is 5.76 Å². The Morgan fingerprint density at radius 2 is 2.09 bits per heavy atom. The number of carbonyl (C=O) groups is 1. The molecular formula is C21H19Cl2N5O2S2. The molecule has 0 atom stereocenters. The number of nitrogens with one attached hydrogen (secondary N) is 1. The highest BCUT2D eigenvalue weighted by Gasteiger charge is 2.18. The van der Waals surface area contributed by atoms with Gasteiger partial charge in [0, 0.05) is 22.5 Å². The summed E-state index contributed by atoms with van der Waals surface area (Å²) in [5, 5.41) is 15.5. The number of hydrogen-bond donors (Lipinski definition) is 1. The molecule has 0 bridgehead atoms. The zero-order valence-corrected chi connectivity index (χ0v) is 20.4. The molecule has 32 heavy (non-hydrogen) atoms. The maximum Gasteiger partial charge on any atom is 0.236 e. The molecule has 1 N–H and O–H groups in total. The van der Waals surface area contributed by atoms with E-state index < -0.39 is 0 Å². The number of nitrogens with zero attached hydrogens (tertiary/aromatic N) is 4. The molecule has 7 nitrogen and oxygen atoms in total. The van der Waals surface area contributed by atoms with E-state index in [0.717, 1.165) is 35.7 Å². The summed E-state index contributed by atoms with van der Waals surface area (Å²) in [6, 6.07) is 7.10. The molecule has 0 unspecified atom stereocenters. The summed E-state index contributed by atoms with van der Waals surface area (Å²) in [7, 11) is 0. The van der Waals surface area contributed by atoms with E-state index in [1.165, 1.54) is 23.1 Å². The highest BCUT2D eigenvalue weighted by molar-refractivity contribution is 7.99. The van der Waals surface area contributed by atoms with Crippen LogP contribution in [0.1, 0.15) is 19.1 Å². The van der Waals surface area contributed by atoms with Crippen molar-refractivity contribution in [2.75, 3.05) is 11.1 Å². The summed E-state index contributed by atoms with van der Waals surface area (Å²) in [6.45, 7) is 4.72. The molecule has 3 aromatic heterocycles. The van der Waals surface area contributed by atoms with Crippen LogP contribution in [-0.2, 0) is 11.3 Å². The fraction of sp³-hybridized carbons (Fsp3) is 0.238. The summed E-state index contributed by atoms with van der Waals surface area (Å²) >= 11 is 14.9. The van der Waals surface area contributed by atoms with Crippen LogP contribution in [0.15, 0.2) is 45.5 Å².